The standard InChI is InChI=1S/C31H60O4/c1-6-11-20-26(8-3)24-31(30(34)35,25-27(9-4)21-12-7-2)28(10-5)22-18-16-14-13-15-17-19-23-29(32)33/h26-28H,6-25H2,1-5H3,(H,32,33)(H,34,35). The van der Waals surface area contributed by atoms with Gasteiger partial charge in [0.25, 0.3) is 0 Å². The van der Waals surface area contributed by atoms with Crippen LogP contribution in [0.25, 0.3) is 0 Å². The summed E-state index contributed by atoms with van der Waals surface area (Å²) in [5.74, 6) is 0.0382. The summed E-state index contributed by atoms with van der Waals surface area (Å²) >= 11 is 0. The molecule has 0 aliphatic heterocycles. The van der Waals surface area contributed by atoms with Crippen LogP contribution < -0.4 is 0 Å². The van der Waals surface area contributed by atoms with E-state index in [1.54, 1.807) is 0 Å². The second kappa shape index (κ2) is 21.1. The fourth-order valence-electron chi connectivity index (χ4n) is 6.10. The topological polar surface area (TPSA) is 74.6 Å². The van der Waals surface area contributed by atoms with Crippen LogP contribution >= 0.6 is 0 Å². The van der Waals surface area contributed by atoms with Gasteiger partial charge in [0.1, 0.15) is 0 Å². The van der Waals surface area contributed by atoms with Gasteiger partial charge >= 0.3 is 11.9 Å². The van der Waals surface area contributed by atoms with E-state index in [0.29, 0.717) is 11.8 Å². The molecular weight excluding hydrogens is 436 g/mol. The Kier molecular flexibility index (Phi) is 20.4. The lowest BCUT2D eigenvalue weighted by molar-refractivity contribution is -0.157. The first-order valence-electron chi connectivity index (χ1n) is 15.3. The van der Waals surface area contributed by atoms with Crippen molar-refractivity contribution in [3.05, 3.63) is 0 Å². The van der Waals surface area contributed by atoms with Crippen LogP contribution in [0.4, 0.5) is 0 Å². The van der Waals surface area contributed by atoms with Crippen molar-refractivity contribution < 1.29 is 19.8 Å². The molecule has 0 bridgehead atoms. The van der Waals surface area contributed by atoms with Crippen LogP contribution in [0, 0.1) is 23.2 Å². The molecule has 0 saturated carbocycles. The fraction of sp³-hybridized carbons (Fsp3) is 0.935. The number of aliphatic carboxylic acids is 2. The molecule has 0 aromatic heterocycles. The molecule has 0 aliphatic rings. The van der Waals surface area contributed by atoms with Crippen LogP contribution in [0.2, 0.25) is 0 Å². The van der Waals surface area contributed by atoms with Gasteiger partial charge in [-0.1, -0.05) is 131 Å². The van der Waals surface area contributed by atoms with E-state index in [9.17, 15) is 14.7 Å². The number of hydrogen-bond acceptors (Lipinski definition) is 2. The number of carboxylic acid groups (broad SMARTS) is 2. The molecule has 0 aromatic carbocycles. The van der Waals surface area contributed by atoms with E-state index in [2.05, 4.69) is 34.6 Å². The SMILES string of the molecule is CCCCC(CC)CC(CC(CC)CCCC)(C(=O)O)C(CC)CCCCCCCCCC(=O)O. The number of unbranched alkanes of at least 4 members (excludes halogenated alkanes) is 8. The molecule has 208 valence electrons. The van der Waals surface area contributed by atoms with Crippen LogP contribution in [-0.2, 0) is 9.59 Å². The Bertz CT molecular complexity index is 512. The molecule has 2 N–H and O–H groups in total. The summed E-state index contributed by atoms with van der Waals surface area (Å²) in [4.78, 5) is 23.7. The summed E-state index contributed by atoms with van der Waals surface area (Å²) in [6.07, 6.45) is 20.7. The maximum absolute atomic E-state index is 13.1. The third-order valence-corrected chi connectivity index (χ3v) is 8.54. The van der Waals surface area contributed by atoms with E-state index < -0.39 is 17.4 Å². The Labute approximate surface area is 218 Å². The Morgan fingerprint density at radius 3 is 1.43 bits per heavy atom. The van der Waals surface area contributed by atoms with Gasteiger partial charge in [0.05, 0.1) is 5.41 Å². The summed E-state index contributed by atoms with van der Waals surface area (Å²) in [5.41, 5.74) is -0.589. The lowest BCUT2D eigenvalue weighted by atomic mass is 9.61. The minimum Gasteiger partial charge on any atom is -0.481 e. The minimum absolute atomic E-state index is 0.252. The Hall–Kier alpha value is -1.06. The van der Waals surface area contributed by atoms with Crippen molar-refractivity contribution in [3.63, 3.8) is 0 Å². The zero-order chi connectivity index (χ0) is 26.5. The molecule has 35 heavy (non-hydrogen) atoms. The predicted molar refractivity (Wildman–Crippen MR) is 149 cm³/mol. The van der Waals surface area contributed by atoms with Crippen molar-refractivity contribution in [2.24, 2.45) is 23.2 Å². The van der Waals surface area contributed by atoms with Crippen molar-refractivity contribution in [1.29, 1.82) is 0 Å². The highest BCUT2D eigenvalue weighted by atomic mass is 16.4. The molecule has 0 rings (SSSR count). The molecule has 0 spiro atoms. The first-order chi connectivity index (χ1) is 16.8. The summed E-state index contributed by atoms with van der Waals surface area (Å²) in [5, 5.41) is 19.5. The van der Waals surface area contributed by atoms with E-state index in [4.69, 9.17) is 5.11 Å². The third-order valence-electron chi connectivity index (χ3n) is 8.54. The van der Waals surface area contributed by atoms with Crippen LogP contribution in [-0.4, -0.2) is 22.2 Å². The highest BCUT2D eigenvalue weighted by molar-refractivity contribution is 5.75. The maximum atomic E-state index is 13.1. The normalized spacial score (nSPS) is 15.9. The Morgan fingerprint density at radius 1 is 0.600 bits per heavy atom. The molecule has 0 saturated heterocycles. The van der Waals surface area contributed by atoms with Gasteiger partial charge < -0.3 is 10.2 Å². The highest BCUT2D eigenvalue weighted by Crippen LogP contribution is 2.47. The van der Waals surface area contributed by atoms with E-state index >= 15 is 0 Å². The van der Waals surface area contributed by atoms with Crippen molar-refractivity contribution in [1.82, 2.24) is 0 Å². The smallest absolute Gasteiger partial charge is 0.309 e. The van der Waals surface area contributed by atoms with Crippen molar-refractivity contribution >= 4 is 11.9 Å². The summed E-state index contributed by atoms with van der Waals surface area (Å²) in [6, 6.07) is 0. The molecular formula is C31H60O4. The lowest BCUT2D eigenvalue weighted by Gasteiger charge is -2.42. The van der Waals surface area contributed by atoms with Gasteiger partial charge in [0.2, 0.25) is 0 Å². The fourth-order valence-corrected chi connectivity index (χ4v) is 6.10. The third kappa shape index (κ3) is 14.3. The quantitative estimate of drug-likeness (QED) is 0.123. The van der Waals surface area contributed by atoms with Crippen LogP contribution in [0.15, 0.2) is 0 Å². The minimum atomic E-state index is -0.697. The molecule has 4 nitrogen and oxygen atoms in total. The second-order valence-corrected chi connectivity index (χ2v) is 11.2. The molecule has 0 heterocycles. The highest BCUT2D eigenvalue weighted by Gasteiger charge is 2.46. The van der Waals surface area contributed by atoms with Crippen LogP contribution in [0.3, 0.4) is 0 Å². The van der Waals surface area contributed by atoms with Crippen molar-refractivity contribution in [2.75, 3.05) is 0 Å². The molecule has 3 atom stereocenters. The van der Waals surface area contributed by atoms with Gasteiger partial charge in [-0.05, 0) is 43.4 Å². The average Bonchev–Trinajstić information content (AvgIpc) is 2.84. The number of carboxylic acids is 2. The molecule has 0 radical (unpaired) electrons. The molecule has 0 amide bonds. The molecule has 4 heteroatoms. The monoisotopic (exact) mass is 496 g/mol. The molecule has 0 fully saturated rings. The first-order valence-corrected chi connectivity index (χ1v) is 15.3. The summed E-state index contributed by atoms with van der Waals surface area (Å²) in [7, 11) is 0. The van der Waals surface area contributed by atoms with Gasteiger partial charge in [-0.3, -0.25) is 9.59 Å². The first kappa shape index (κ1) is 33.9. The molecule has 0 aromatic rings. The van der Waals surface area contributed by atoms with Gasteiger partial charge in [0.15, 0.2) is 0 Å². The van der Waals surface area contributed by atoms with Crippen molar-refractivity contribution in [3.8, 4) is 0 Å². The number of rotatable bonds is 25. The Morgan fingerprint density at radius 2 is 1.06 bits per heavy atom. The maximum Gasteiger partial charge on any atom is 0.309 e. The van der Waals surface area contributed by atoms with E-state index in [-0.39, 0.29) is 12.3 Å². The van der Waals surface area contributed by atoms with Gasteiger partial charge in [-0.15, -0.1) is 0 Å². The number of hydrogen-bond donors (Lipinski definition) is 2. The lowest BCUT2D eigenvalue weighted by Crippen LogP contribution is -2.42. The number of carbonyl (C=O) groups is 2. The van der Waals surface area contributed by atoms with Crippen LogP contribution in [0.5, 0.6) is 0 Å². The van der Waals surface area contributed by atoms with Crippen LogP contribution in [0.1, 0.15) is 163 Å². The van der Waals surface area contributed by atoms with Gasteiger partial charge in [-0.2, -0.15) is 0 Å². The molecule has 0 aliphatic carbocycles. The van der Waals surface area contributed by atoms with Crippen molar-refractivity contribution in [2.45, 2.75) is 163 Å². The molecule has 3 unspecified atom stereocenters. The zero-order valence-electron chi connectivity index (χ0n) is 24.1. The predicted octanol–water partition coefficient (Wildman–Crippen LogP) is 9.89. The summed E-state index contributed by atoms with van der Waals surface area (Å²) in [6.45, 7) is 11.2. The average molecular weight is 497 g/mol. The van der Waals surface area contributed by atoms with E-state index in [1.807, 2.05) is 0 Å². The summed E-state index contributed by atoms with van der Waals surface area (Å²) < 4.78 is 0. The zero-order valence-corrected chi connectivity index (χ0v) is 24.1. The van der Waals surface area contributed by atoms with E-state index in [0.717, 1.165) is 89.9 Å². The van der Waals surface area contributed by atoms with E-state index in [1.165, 1.54) is 32.1 Å². The van der Waals surface area contributed by atoms with Gasteiger partial charge in [0, 0.05) is 6.42 Å². The largest absolute Gasteiger partial charge is 0.481 e. The second-order valence-electron chi connectivity index (χ2n) is 11.2. The Balaban J connectivity index is 5.27. The van der Waals surface area contributed by atoms with Gasteiger partial charge in [-0.25, -0.2) is 0 Å².